The van der Waals surface area contributed by atoms with Gasteiger partial charge in [0, 0.05) is 16.0 Å². The molecule has 2 aromatic carbocycles. The predicted octanol–water partition coefficient (Wildman–Crippen LogP) is 5.15. The molecule has 4 aromatic rings. The number of ether oxygens (including phenoxy) is 1. The number of furan rings is 1. The minimum Gasteiger partial charge on any atom is -0.497 e. The van der Waals surface area contributed by atoms with Gasteiger partial charge in [0.15, 0.2) is 0 Å². The van der Waals surface area contributed by atoms with Crippen molar-refractivity contribution in [2.45, 2.75) is 17.5 Å². The Kier molecular flexibility index (Phi) is 5.03. The van der Waals surface area contributed by atoms with Gasteiger partial charge < -0.3 is 14.1 Å². The zero-order valence-corrected chi connectivity index (χ0v) is 18.0. The third-order valence-corrected chi connectivity index (χ3v) is 6.31. The van der Waals surface area contributed by atoms with Crippen LogP contribution in [0.1, 0.15) is 33.4 Å². The van der Waals surface area contributed by atoms with Crippen molar-refractivity contribution in [1.29, 1.82) is 0 Å². The first kappa shape index (κ1) is 19.5. The Hall–Kier alpha value is -3.45. The summed E-state index contributed by atoms with van der Waals surface area (Å²) < 4.78 is 10.8. The van der Waals surface area contributed by atoms with E-state index in [0.29, 0.717) is 12.2 Å². The summed E-state index contributed by atoms with van der Waals surface area (Å²) in [5.41, 5.74) is 4.14. The number of aromatic nitrogens is 2. The van der Waals surface area contributed by atoms with Crippen molar-refractivity contribution in [2.75, 3.05) is 13.4 Å². The molecule has 0 radical (unpaired) electrons. The summed E-state index contributed by atoms with van der Waals surface area (Å²) in [7, 11) is 1.64. The lowest BCUT2D eigenvalue weighted by atomic mass is 9.96. The molecule has 0 aliphatic carbocycles. The molecule has 1 N–H and O–H groups in total. The van der Waals surface area contributed by atoms with Gasteiger partial charge in [-0.1, -0.05) is 12.1 Å². The number of hydrogen-bond donors (Lipinski definition) is 1. The van der Waals surface area contributed by atoms with Crippen molar-refractivity contribution in [3.63, 3.8) is 0 Å². The number of nitrogens with one attached hydrogen (secondary N) is 1. The smallest absolute Gasteiger partial charge is 0.273 e. The van der Waals surface area contributed by atoms with E-state index in [2.05, 4.69) is 34.5 Å². The maximum absolute atomic E-state index is 13.4. The fourth-order valence-electron chi connectivity index (χ4n) is 4.03. The Labute approximate surface area is 184 Å². The van der Waals surface area contributed by atoms with Crippen LogP contribution in [0.5, 0.6) is 5.75 Å². The van der Waals surface area contributed by atoms with E-state index in [1.807, 2.05) is 47.6 Å². The fraction of sp³-hybridized carbons (Fsp3) is 0.167. The van der Waals surface area contributed by atoms with Gasteiger partial charge in [-0.3, -0.25) is 9.89 Å². The molecule has 0 bridgehead atoms. The van der Waals surface area contributed by atoms with E-state index < -0.39 is 0 Å². The zero-order valence-electron chi connectivity index (χ0n) is 17.2. The van der Waals surface area contributed by atoms with Gasteiger partial charge in [-0.2, -0.15) is 5.10 Å². The zero-order chi connectivity index (χ0) is 21.4. The highest BCUT2D eigenvalue weighted by molar-refractivity contribution is 7.98. The molecule has 1 aliphatic rings. The number of thioether (sulfide) groups is 1. The topological polar surface area (TPSA) is 71.4 Å². The minimum absolute atomic E-state index is 0.0856. The molecular formula is C24H21N3O3S. The number of benzene rings is 2. The van der Waals surface area contributed by atoms with Gasteiger partial charge in [0.05, 0.1) is 31.7 Å². The third kappa shape index (κ3) is 3.41. The van der Waals surface area contributed by atoms with E-state index in [0.717, 1.165) is 33.9 Å². The van der Waals surface area contributed by atoms with Gasteiger partial charge in [0.1, 0.15) is 17.2 Å². The van der Waals surface area contributed by atoms with Crippen LogP contribution in [-0.4, -0.2) is 34.4 Å². The van der Waals surface area contributed by atoms with Gasteiger partial charge in [-0.15, -0.1) is 11.8 Å². The standard InChI is InChI=1S/C24H21N3O3S/c1-29-17-9-5-15(6-10-17)21-20-22(26-25-21)24(28)27(14-18-4-3-13-30-18)23(20)16-7-11-19(31-2)12-8-16/h3-13,23H,14H2,1-2H3,(H,25,26). The number of aromatic amines is 1. The molecule has 0 fully saturated rings. The molecular weight excluding hydrogens is 410 g/mol. The molecule has 31 heavy (non-hydrogen) atoms. The largest absolute Gasteiger partial charge is 0.497 e. The number of nitrogens with zero attached hydrogens (tertiary/aromatic N) is 2. The van der Waals surface area contributed by atoms with Crippen LogP contribution in [-0.2, 0) is 6.54 Å². The number of carbonyl (C=O) groups excluding carboxylic acids is 1. The molecule has 1 aliphatic heterocycles. The van der Waals surface area contributed by atoms with Crippen molar-refractivity contribution >= 4 is 17.7 Å². The lowest BCUT2D eigenvalue weighted by Crippen LogP contribution is -2.28. The number of methoxy groups -OCH3 is 1. The molecule has 156 valence electrons. The Morgan fingerprint density at radius 1 is 1.13 bits per heavy atom. The first-order valence-electron chi connectivity index (χ1n) is 9.89. The first-order chi connectivity index (χ1) is 15.2. The van der Waals surface area contributed by atoms with E-state index >= 15 is 0 Å². The van der Waals surface area contributed by atoms with E-state index in [9.17, 15) is 4.79 Å². The second kappa shape index (κ2) is 8.00. The summed E-state index contributed by atoms with van der Waals surface area (Å²) >= 11 is 1.69. The highest BCUT2D eigenvalue weighted by atomic mass is 32.2. The SMILES string of the molecule is COc1ccc(-c2n[nH]c3c2C(c2ccc(SC)cc2)N(Cc2ccco2)C3=O)cc1. The average molecular weight is 432 g/mol. The van der Waals surface area contributed by atoms with E-state index in [4.69, 9.17) is 9.15 Å². The van der Waals surface area contributed by atoms with Gasteiger partial charge in [-0.05, 0) is 60.4 Å². The summed E-state index contributed by atoms with van der Waals surface area (Å²) in [6.45, 7) is 0.380. The molecule has 0 saturated carbocycles. The molecule has 2 aromatic heterocycles. The number of rotatable bonds is 6. The molecule has 0 spiro atoms. The Balaban J connectivity index is 1.62. The second-order valence-corrected chi connectivity index (χ2v) is 8.16. The Morgan fingerprint density at radius 3 is 2.55 bits per heavy atom. The molecule has 7 heteroatoms. The number of amides is 1. The van der Waals surface area contributed by atoms with E-state index in [1.54, 1.807) is 25.1 Å². The second-order valence-electron chi connectivity index (χ2n) is 7.28. The lowest BCUT2D eigenvalue weighted by Gasteiger charge is -2.25. The van der Waals surface area contributed by atoms with E-state index in [-0.39, 0.29) is 11.9 Å². The molecule has 6 nitrogen and oxygen atoms in total. The van der Waals surface area contributed by atoms with Crippen LogP contribution in [0.4, 0.5) is 0 Å². The molecule has 3 heterocycles. The van der Waals surface area contributed by atoms with Crippen LogP contribution in [0, 0.1) is 0 Å². The van der Waals surface area contributed by atoms with Crippen LogP contribution in [0.25, 0.3) is 11.3 Å². The number of H-pyrrole nitrogens is 1. The van der Waals surface area contributed by atoms with Gasteiger partial charge in [-0.25, -0.2) is 0 Å². The molecule has 1 amide bonds. The van der Waals surface area contributed by atoms with Crippen LogP contribution in [0.2, 0.25) is 0 Å². The maximum Gasteiger partial charge on any atom is 0.273 e. The molecule has 1 atom stereocenters. The Bertz CT molecular complexity index is 1200. The van der Waals surface area contributed by atoms with Gasteiger partial charge in [0.2, 0.25) is 0 Å². The number of hydrogen-bond acceptors (Lipinski definition) is 5. The van der Waals surface area contributed by atoms with Crippen LogP contribution >= 0.6 is 11.8 Å². The van der Waals surface area contributed by atoms with E-state index in [1.165, 1.54) is 4.90 Å². The van der Waals surface area contributed by atoms with Crippen molar-refractivity contribution < 1.29 is 13.9 Å². The van der Waals surface area contributed by atoms with Gasteiger partial charge >= 0.3 is 0 Å². The van der Waals surface area contributed by atoms with Crippen molar-refractivity contribution in [3.05, 3.63) is 89.5 Å². The lowest BCUT2D eigenvalue weighted by molar-refractivity contribution is 0.0717. The highest BCUT2D eigenvalue weighted by Gasteiger charge is 2.42. The minimum atomic E-state index is -0.264. The predicted molar refractivity (Wildman–Crippen MR) is 119 cm³/mol. The summed E-state index contributed by atoms with van der Waals surface area (Å²) in [6, 6.07) is 19.5. The molecule has 1 unspecified atom stereocenters. The highest BCUT2D eigenvalue weighted by Crippen LogP contribution is 2.43. The Morgan fingerprint density at radius 2 is 1.90 bits per heavy atom. The normalized spacial score (nSPS) is 15.4. The summed E-state index contributed by atoms with van der Waals surface area (Å²) in [6.07, 6.45) is 3.68. The number of carbonyl (C=O) groups is 1. The third-order valence-electron chi connectivity index (χ3n) is 5.57. The van der Waals surface area contributed by atoms with Crippen molar-refractivity contribution in [3.8, 4) is 17.0 Å². The first-order valence-corrected chi connectivity index (χ1v) is 11.1. The quantitative estimate of drug-likeness (QED) is 0.428. The average Bonchev–Trinajstić information content (AvgIpc) is 3.54. The number of fused-ring (bicyclic) bond motifs is 1. The summed E-state index contributed by atoms with van der Waals surface area (Å²) in [4.78, 5) is 16.4. The van der Waals surface area contributed by atoms with Crippen molar-refractivity contribution in [1.82, 2.24) is 15.1 Å². The molecule has 0 saturated heterocycles. The van der Waals surface area contributed by atoms with Crippen molar-refractivity contribution in [2.24, 2.45) is 0 Å². The molecule has 5 rings (SSSR count). The van der Waals surface area contributed by atoms with Crippen LogP contribution in [0.3, 0.4) is 0 Å². The summed E-state index contributed by atoms with van der Waals surface area (Å²) in [5.74, 6) is 1.43. The van der Waals surface area contributed by atoms with Gasteiger partial charge in [0.25, 0.3) is 5.91 Å². The monoisotopic (exact) mass is 431 g/mol. The fourth-order valence-corrected chi connectivity index (χ4v) is 4.44. The van der Waals surface area contributed by atoms with Crippen LogP contribution < -0.4 is 4.74 Å². The summed E-state index contributed by atoms with van der Waals surface area (Å²) in [5, 5.41) is 7.50. The maximum atomic E-state index is 13.4. The van der Waals surface area contributed by atoms with Crippen LogP contribution in [0.15, 0.2) is 76.2 Å².